The number of fused-ring (bicyclic) bond motifs is 2. The van der Waals surface area contributed by atoms with E-state index in [4.69, 9.17) is 0 Å². The summed E-state index contributed by atoms with van der Waals surface area (Å²) in [4.78, 5) is 51.8. The molecule has 1 saturated heterocycles. The number of carbonyl (C=O) groups excluding carboxylic acids is 4. The summed E-state index contributed by atoms with van der Waals surface area (Å²) >= 11 is 0. The van der Waals surface area contributed by atoms with Gasteiger partial charge in [-0.05, 0) is 41.3 Å². The molecule has 0 radical (unpaired) electrons. The molecule has 2 aromatic carbocycles. The molecule has 1 fully saturated rings. The number of anilines is 1. The largest absolute Gasteiger partial charge is 0.397 e. The summed E-state index contributed by atoms with van der Waals surface area (Å²) in [6.07, 6.45) is -4.14. The second-order valence-electron chi connectivity index (χ2n) is 8.88. The standard InChI is InChI=1S/C24H21F3N4O4/c25-24(26,27)18-12-30(10-13-3-1-2-4-16(13)18)23(35)28-15-5-6-17-14(9-15)11-31(22(17)34)19-7-8-20(32)29-21(19)33/h1-6,9,18-19H,7-8,10-12H2,(H,28,35)(H,29,32,33). The van der Waals surface area contributed by atoms with Crippen LogP contribution in [0.2, 0.25) is 0 Å². The predicted molar refractivity (Wildman–Crippen MR) is 117 cm³/mol. The van der Waals surface area contributed by atoms with Crippen molar-refractivity contribution in [3.8, 4) is 0 Å². The summed E-state index contributed by atoms with van der Waals surface area (Å²) in [6.45, 7) is -0.336. The lowest BCUT2D eigenvalue weighted by Crippen LogP contribution is -2.52. The maximum Gasteiger partial charge on any atom is 0.397 e. The zero-order valence-corrected chi connectivity index (χ0v) is 18.4. The molecule has 182 valence electrons. The predicted octanol–water partition coefficient (Wildman–Crippen LogP) is 3.14. The van der Waals surface area contributed by atoms with Crippen LogP contribution in [0.3, 0.4) is 0 Å². The lowest BCUT2D eigenvalue weighted by Gasteiger charge is -2.35. The van der Waals surface area contributed by atoms with Gasteiger partial charge in [0.2, 0.25) is 11.8 Å². The van der Waals surface area contributed by atoms with Gasteiger partial charge in [-0.15, -0.1) is 0 Å². The third kappa shape index (κ3) is 4.22. The van der Waals surface area contributed by atoms with Gasteiger partial charge in [0.25, 0.3) is 5.91 Å². The van der Waals surface area contributed by atoms with Crippen LogP contribution in [0.15, 0.2) is 42.5 Å². The molecular formula is C24H21F3N4O4. The van der Waals surface area contributed by atoms with Gasteiger partial charge in [-0.1, -0.05) is 24.3 Å². The van der Waals surface area contributed by atoms with Gasteiger partial charge in [0, 0.05) is 37.3 Å². The van der Waals surface area contributed by atoms with E-state index in [2.05, 4.69) is 10.6 Å². The van der Waals surface area contributed by atoms with Crippen LogP contribution in [0.25, 0.3) is 0 Å². The first-order valence-corrected chi connectivity index (χ1v) is 11.1. The zero-order valence-electron chi connectivity index (χ0n) is 18.4. The van der Waals surface area contributed by atoms with Gasteiger partial charge in [0.15, 0.2) is 0 Å². The van der Waals surface area contributed by atoms with E-state index in [0.29, 0.717) is 22.4 Å². The molecule has 35 heavy (non-hydrogen) atoms. The first-order chi connectivity index (χ1) is 16.6. The molecule has 0 saturated carbocycles. The lowest BCUT2D eigenvalue weighted by molar-refractivity contribution is -0.155. The van der Waals surface area contributed by atoms with Gasteiger partial charge in [-0.2, -0.15) is 13.2 Å². The molecule has 2 unspecified atom stereocenters. The quantitative estimate of drug-likeness (QED) is 0.638. The number of imide groups is 1. The number of halogens is 3. The van der Waals surface area contributed by atoms with E-state index >= 15 is 0 Å². The number of benzene rings is 2. The van der Waals surface area contributed by atoms with E-state index in [1.165, 1.54) is 23.1 Å². The zero-order chi connectivity index (χ0) is 24.9. The van der Waals surface area contributed by atoms with Crippen molar-refractivity contribution in [1.29, 1.82) is 0 Å². The van der Waals surface area contributed by atoms with Gasteiger partial charge in [-0.25, -0.2) is 4.79 Å². The fourth-order valence-electron chi connectivity index (χ4n) is 4.90. The van der Waals surface area contributed by atoms with Crippen LogP contribution in [0.4, 0.5) is 23.7 Å². The average molecular weight is 486 g/mol. The smallest absolute Gasteiger partial charge is 0.322 e. The maximum absolute atomic E-state index is 13.7. The Bertz CT molecular complexity index is 1250. The van der Waals surface area contributed by atoms with Crippen LogP contribution in [0, 0.1) is 0 Å². The highest BCUT2D eigenvalue weighted by molar-refractivity contribution is 6.05. The second-order valence-corrected chi connectivity index (χ2v) is 8.88. The minimum atomic E-state index is -4.50. The Morgan fingerprint density at radius 3 is 2.54 bits per heavy atom. The summed E-state index contributed by atoms with van der Waals surface area (Å²) in [7, 11) is 0. The van der Waals surface area contributed by atoms with E-state index in [0.717, 1.165) is 4.90 Å². The van der Waals surface area contributed by atoms with E-state index in [-0.39, 0.29) is 43.3 Å². The molecule has 3 heterocycles. The average Bonchev–Trinajstić information content (AvgIpc) is 3.13. The van der Waals surface area contributed by atoms with Crippen molar-refractivity contribution < 1.29 is 32.3 Å². The van der Waals surface area contributed by atoms with Crippen LogP contribution in [0.5, 0.6) is 0 Å². The van der Waals surface area contributed by atoms with Crippen LogP contribution in [-0.4, -0.2) is 52.3 Å². The van der Waals surface area contributed by atoms with Crippen LogP contribution < -0.4 is 10.6 Å². The van der Waals surface area contributed by atoms with Gasteiger partial charge in [0.05, 0.1) is 5.92 Å². The fourth-order valence-corrected chi connectivity index (χ4v) is 4.90. The molecular weight excluding hydrogens is 465 g/mol. The molecule has 5 rings (SSSR count). The van der Waals surface area contributed by atoms with E-state index < -0.39 is 36.6 Å². The van der Waals surface area contributed by atoms with Gasteiger partial charge >= 0.3 is 12.2 Å². The van der Waals surface area contributed by atoms with Crippen molar-refractivity contribution in [1.82, 2.24) is 15.1 Å². The molecule has 2 atom stereocenters. The van der Waals surface area contributed by atoms with Crippen molar-refractivity contribution in [2.45, 2.75) is 44.1 Å². The number of nitrogens with zero attached hydrogens (tertiary/aromatic N) is 2. The Labute approximate surface area is 198 Å². The highest BCUT2D eigenvalue weighted by Gasteiger charge is 2.45. The molecule has 11 heteroatoms. The molecule has 8 nitrogen and oxygen atoms in total. The van der Waals surface area contributed by atoms with E-state index in [9.17, 15) is 32.3 Å². The van der Waals surface area contributed by atoms with Crippen molar-refractivity contribution in [3.63, 3.8) is 0 Å². The Morgan fingerprint density at radius 1 is 1.03 bits per heavy atom. The Hall–Kier alpha value is -3.89. The Balaban J connectivity index is 1.31. The monoisotopic (exact) mass is 486 g/mol. The molecule has 0 bridgehead atoms. The first-order valence-electron chi connectivity index (χ1n) is 11.1. The van der Waals surface area contributed by atoms with Gasteiger partial charge < -0.3 is 15.1 Å². The normalized spacial score (nSPS) is 22.0. The van der Waals surface area contributed by atoms with Crippen molar-refractivity contribution >= 4 is 29.4 Å². The number of nitrogens with one attached hydrogen (secondary N) is 2. The number of carbonyl (C=O) groups is 4. The van der Waals surface area contributed by atoms with Crippen molar-refractivity contribution in [3.05, 3.63) is 64.7 Å². The van der Waals surface area contributed by atoms with Crippen molar-refractivity contribution in [2.75, 3.05) is 11.9 Å². The highest BCUT2D eigenvalue weighted by Crippen LogP contribution is 2.40. The molecule has 3 aliphatic rings. The molecule has 0 spiro atoms. The molecule has 2 N–H and O–H groups in total. The molecule has 0 aromatic heterocycles. The highest BCUT2D eigenvalue weighted by atomic mass is 19.4. The molecule has 2 aromatic rings. The number of hydrogen-bond acceptors (Lipinski definition) is 4. The Kier molecular flexibility index (Phi) is 5.49. The lowest BCUT2D eigenvalue weighted by atomic mass is 9.89. The summed E-state index contributed by atoms with van der Waals surface area (Å²) in [5, 5.41) is 4.87. The third-order valence-corrected chi connectivity index (χ3v) is 6.65. The number of hydrogen-bond donors (Lipinski definition) is 2. The number of piperidine rings is 1. The van der Waals surface area contributed by atoms with Gasteiger partial charge in [0.1, 0.15) is 6.04 Å². The Morgan fingerprint density at radius 2 is 1.80 bits per heavy atom. The number of alkyl halides is 3. The fraction of sp³-hybridized carbons (Fsp3) is 0.333. The summed E-state index contributed by atoms with van der Waals surface area (Å²) in [6, 6.07) is 9.36. The molecule has 5 amide bonds. The maximum atomic E-state index is 13.7. The SMILES string of the molecule is O=C1CCC(N2Cc3cc(NC(=O)N4Cc5ccccc5C(C(F)(F)F)C4)ccc3C2=O)C(=O)N1. The number of rotatable bonds is 2. The summed E-state index contributed by atoms with van der Waals surface area (Å²) in [5.41, 5.74) is 1.89. The van der Waals surface area contributed by atoms with Crippen LogP contribution in [0.1, 0.15) is 45.8 Å². The minimum absolute atomic E-state index is 0.0430. The number of urea groups is 1. The first kappa shape index (κ1) is 22.9. The van der Waals surface area contributed by atoms with Crippen LogP contribution >= 0.6 is 0 Å². The second kappa shape index (κ2) is 8.40. The third-order valence-electron chi connectivity index (χ3n) is 6.65. The van der Waals surface area contributed by atoms with Crippen molar-refractivity contribution in [2.24, 2.45) is 0 Å². The van der Waals surface area contributed by atoms with E-state index in [1.807, 2.05) is 0 Å². The van der Waals surface area contributed by atoms with Crippen LogP contribution in [-0.2, 0) is 22.7 Å². The molecule has 3 aliphatic heterocycles. The minimum Gasteiger partial charge on any atom is -0.322 e. The number of amides is 5. The summed E-state index contributed by atoms with van der Waals surface area (Å²) < 4.78 is 41.0. The van der Waals surface area contributed by atoms with Gasteiger partial charge in [-0.3, -0.25) is 19.7 Å². The van der Waals surface area contributed by atoms with E-state index in [1.54, 1.807) is 24.3 Å². The molecule has 0 aliphatic carbocycles. The summed E-state index contributed by atoms with van der Waals surface area (Å²) in [5.74, 6) is -3.04. The topological polar surface area (TPSA) is 98.8 Å².